The molecule has 1 saturated carbocycles. The molecule has 1 fully saturated rings. The summed E-state index contributed by atoms with van der Waals surface area (Å²) in [6.07, 6.45) is 0. The maximum atomic E-state index is 12.0. The molecular formula is C16H21N3O2. The zero-order chi connectivity index (χ0) is 16.4. The van der Waals surface area contributed by atoms with E-state index in [1.54, 1.807) is 6.92 Å². The van der Waals surface area contributed by atoms with E-state index < -0.39 is 28.6 Å². The van der Waals surface area contributed by atoms with Gasteiger partial charge in [0.2, 0.25) is 0 Å². The predicted octanol–water partition coefficient (Wildman–Crippen LogP) is 2.65. The van der Waals surface area contributed by atoms with Crippen LogP contribution in [0.15, 0.2) is 0 Å². The van der Waals surface area contributed by atoms with Crippen molar-refractivity contribution in [3.8, 4) is 18.2 Å². The van der Waals surface area contributed by atoms with Crippen LogP contribution >= 0.6 is 0 Å². The lowest BCUT2D eigenvalue weighted by Gasteiger charge is -2.62. The molecule has 0 unspecified atom stereocenters. The van der Waals surface area contributed by atoms with Gasteiger partial charge in [0.1, 0.15) is 5.92 Å². The summed E-state index contributed by atoms with van der Waals surface area (Å²) in [5.41, 5.74) is -1.77. The molecule has 0 aromatic carbocycles. The number of carbonyl (C=O) groups excluding carboxylic acids is 1. The Labute approximate surface area is 126 Å². The molecule has 1 rings (SSSR count). The van der Waals surface area contributed by atoms with Crippen LogP contribution in [0.4, 0.5) is 0 Å². The van der Waals surface area contributed by atoms with Crippen LogP contribution in [0, 0.1) is 68.5 Å². The second kappa shape index (κ2) is 5.74. The van der Waals surface area contributed by atoms with E-state index in [0.717, 1.165) is 0 Å². The molecule has 1 aliphatic rings. The van der Waals surface area contributed by atoms with Crippen LogP contribution in [0.25, 0.3) is 0 Å². The molecule has 0 radical (unpaired) electrons. The third-order valence-corrected chi connectivity index (χ3v) is 4.63. The van der Waals surface area contributed by atoms with Gasteiger partial charge in [-0.15, -0.1) is 0 Å². The van der Waals surface area contributed by atoms with Crippen molar-refractivity contribution in [1.29, 1.82) is 15.8 Å². The average Bonchev–Trinajstić information content (AvgIpc) is 2.41. The maximum absolute atomic E-state index is 12.0. The molecule has 5 heteroatoms. The normalized spacial score (nSPS) is 26.6. The Bertz CT molecular complexity index is 531. The van der Waals surface area contributed by atoms with Crippen molar-refractivity contribution in [3.05, 3.63) is 0 Å². The van der Waals surface area contributed by atoms with Crippen LogP contribution in [-0.4, -0.2) is 12.6 Å². The standard InChI is InChI=1S/C16H21N3O2/c1-6-21-14(20)11(7-17)13-15(4,5)12(10(2)3)16(13,8-18)9-19/h10-13H,6H2,1-5H3/t11-,12-,13+/m1/s1. The van der Waals surface area contributed by atoms with Crippen LogP contribution in [-0.2, 0) is 9.53 Å². The van der Waals surface area contributed by atoms with Crippen molar-refractivity contribution in [2.75, 3.05) is 6.61 Å². The fraction of sp³-hybridized carbons (Fsp3) is 0.750. The van der Waals surface area contributed by atoms with E-state index in [2.05, 4.69) is 12.1 Å². The number of ether oxygens (including phenoxy) is 1. The first-order chi connectivity index (χ1) is 9.74. The van der Waals surface area contributed by atoms with Gasteiger partial charge in [-0.05, 0) is 24.2 Å². The van der Waals surface area contributed by atoms with Gasteiger partial charge in [0.15, 0.2) is 5.41 Å². The van der Waals surface area contributed by atoms with E-state index in [0.29, 0.717) is 0 Å². The summed E-state index contributed by atoms with van der Waals surface area (Å²) < 4.78 is 4.94. The minimum atomic E-state index is -1.31. The smallest absolute Gasteiger partial charge is 0.323 e. The quantitative estimate of drug-likeness (QED) is 0.740. The summed E-state index contributed by atoms with van der Waals surface area (Å²) in [6, 6.07) is 6.14. The Balaban J connectivity index is 3.34. The van der Waals surface area contributed by atoms with Crippen LogP contribution in [0.1, 0.15) is 34.6 Å². The molecule has 112 valence electrons. The topological polar surface area (TPSA) is 97.7 Å². The van der Waals surface area contributed by atoms with Crippen molar-refractivity contribution in [2.24, 2.45) is 34.5 Å². The Morgan fingerprint density at radius 3 is 2.05 bits per heavy atom. The van der Waals surface area contributed by atoms with E-state index in [1.165, 1.54) is 0 Å². The Hall–Kier alpha value is -2.06. The zero-order valence-electron chi connectivity index (χ0n) is 13.2. The molecule has 0 aromatic heterocycles. The lowest BCUT2D eigenvalue weighted by Crippen LogP contribution is -2.66. The van der Waals surface area contributed by atoms with Gasteiger partial charge >= 0.3 is 5.97 Å². The number of carbonyl (C=O) groups is 1. The van der Waals surface area contributed by atoms with E-state index in [4.69, 9.17) is 4.74 Å². The molecule has 0 aliphatic heterocycles. The van der Waals surface area contributed by atoms with Crippen LogP contribution in [0.5, 0.6) is 0 Å². The molecule has 0 bridgehead atoms. The molecular weight excluding hydrogens is 266 g/mol. The average molecular weight is 287 g/mol. The highest BCUT2D eigenvalue weighted by Gasteiger charge is 2.71. The first-order valence-corrected chi connectivity index (χ1v) is 7.13. The van der Waals surface area contributed by atoms with Gasteiger partial charge in [-0.3, -0.25) is 4.79 Å². The Morgan fingerprint density at radius 1 is 1.19 bits per heavy atom. The highest BCUT2D eigenvalue weighted by Crippen LogP contribution is 2.68. The lowest BCUT2D eigenvalue weighted by atomic mass is 9.36. The summed E-state index contributed by atoms with van der Waals surface area (Å²) >= 11 is 0. The summed E-state index contributed by atoms with van der Waals surface area (Å²) in [5.74, 6) is -2.45. The highest BCUT2D eigenvalue weighted by molar-refractivity contribution is 5.76. The van der Waals surface area contributed by atoms with Crippen molar-refractivity contribution in [3.63, 3.8) is 0 Å². The lowest BCUT2D eigenvalue weighted by molar-refractivity contribution is -0.179. The van der Waals surface area contributed by atoms with E-state index in [9.17, 15) is 20.6 Å². The molecule has 21 heavy (non-hydrogen) atoms. The van der Waals surface area contributed by atoms with Crippen molar-refractivity contribution in [2.45, 2.75) is 34.6 Å². The minimum Gasteiger partial charge on any atom is -0.465 e. The minimum absolute atomic E-state index is 0.108. The summed E-state index contributed by atoms with van der Waals surface area (Å²) in [5, 5.41) is 28.5. The number of hydrogen-bond acceptors (Lipinski definition) is 5. The maximum Gasteiger partial charge on any atom is 0.323 e. The number of esters is 1. The number of nitrogens with zero attached hydrogens (tertiary/aromatic N) is 3. The molecule has 0 aromatic rings. The van der Waals surface area contributed by atoms with Gasteiger partial charge in [-0.2, -0.15) is 15.8 Å². The molecule has 0 N–H and O–H groups in total. The molecule has 0 amide bonds. The first kappa shape index (κ1) is 17.0. The number of hydrogen-bond donors (Lipinski definition) is 0. The fourth-order valence-corrected chi connectivity index (χ4v) is 4.34. The van der Waals surface area contributed by atoms with Crippen molar-refractivity contribution < 1.29 is 9.53 Å². The molecule has 0 heterocycles. The van der Waals surface area contributed by atoms with Crippen LogP contribution in [0.3, 0.4) is 0 Å². The van der Waals surface area contributed by atoms with Gasteiger partial charge < -0.3 is 4.74 Å². The van der Waals surface area contributed by atoms with Gasteiger partial charge in [0, 0.05) is 5.92 Å². The number of nitriles is 3. The second-order valence-electron chi connectivity index (χ2n) is 6.47. The Morgan fingerprint density at radius 2 is 1.71 bits per heavy atom. The highest BCUT2D eigenvalue weighted by atomic mass is 16.5. The molecule has 3 atom stereocenters. The molecule has 5 nitrogen and oxygen atoms in total. The second-order valence-corrected chi connectivity index (χ2v) is 6.47. The van der Waals surface area contributed by atoms with Crippen LogP contribution in [0.2, 0.25) is 0 Å². The van der Waals surface area contributed by atoms with Gasteiger partial charge in [0.05, 0.1) is 24.8 Å². The third kappa shape index (κ3) is 2.26. The van der Waals surface area contributed by atoms with E-state index in [1.807, 2.05) is 33.8 Å². The zero-order valence-corrected chi connectivity index (χ0v) is 13.2. The molecule has 1 aliphatic carbocycles. The fourth-order valence-electron chi connectivity index (χ4n) is 4.34. The van der Waals surface area contributed by atoms with E-state index >= 15 is 0 Å². The van der Waals surface area contributed by atoms with Crippen LogP contribution < -0.4 is 0 Å². The molecule has 0 saturated heterocycles. The van der Waals surface area contributed by atoms with Gasteiger partial charge in [0.25, 0.3) is 0 Å². The predicted molar refractivity (Wildman–Crippen MR) is 75.0 cm³/mol. The van der Waals surface area contributed by atoms with Gasteiger partial charge in [-0.1, -0.05) is 27.7 Å². The SMILES string of the molecule is CCOC(=O)[C@H](C#N)[C@H]1C(C)(C)[C@@H](C(C)C)C1(C#N)C#N. The summed E-state index contributed by atoms with van der Waals surface area (Å²) in [4.78, 5) is 12.0. The van der Waals surface area contributed by atoms with E-state index in [-0.39, 0.29) is 18.4 Å². The monoisotopic (exact) mass is 287 g/mol. The number of rotatable bonds is 4. The summed E-state index contributed by atoms with van der Waals surface area (Å²) in [7, 11) is 0. The van der Waals surface area contributed by atoms with Crippen molar-refractivity contribution >= 4 is 5.97 Å². The van der Waals surface area contributed by atoms with Gasteiger partial charge in [-0.25, -0.2) is 0 Å². The summed E-state index contributed by atoms with van der Waals surface area (Å²) in [6.45, 7) is 9.58. The largest absolute Gasteiger partial charge is 0.465 e. The third-order valence-electron chi connectivity index (χ3n) is 4.63. The first-order valence-electron chi connectivity index (χ1n) is 7.13. The Kier molecular flexibility index (Phi) is 4.65. The molecule has 0 spiro atoms. The van der Waals surface area contributed by atoms with Crippen molar-refractivity contribution in [1.82, 2.24) is 0 Å².